The van der Waals surface area contributed by atoms with Gasteiger partial charge >= 0.3 is 5.97 Å². The number of halogens is 1. The predicted octanol–water partition coefficient (Wildman–Crippen LogP) is 2.73. The van der Waals surface area contributed by atoms with Crippen LogP contribution in [0, 0.1) is 6.92 Å². The number of carbonyl (C=O) groups excluding carboxylic acids is 1. The van der Waals surface area contributed by atoms with Crippen molar-refractivity contribution in [1.29, 1.82) is 0 Å². The first-order valence-electron chi connectivity index (χ1n) is 6.35. The van der Waals surface area contributed by atoms with E-state index in [1.807, 2.05) is 0 Å². The van der Waals surface area contributed by atoms with E-state index in [1.54, 1.807) is 36.9 Å². The zero-order valence-corrected chi connectivity index (χ0v) is 12.7. The first-order valence-corrected chi connectivity index (χ1v) is 7.88. The number of carbonyl (C=O) groups is 2. The van der Waals surface area contributed by atoms with Gasteiger partial charge in [-0.15, -0.1) is 0 Å². The largest absolute Gasteiger partial charge is 0.480 e. The van der Waals surface area contributed by atoms with E-state index in [0.717, 1.165) is 11.5 Å². The van der Waals surface area contributed by atoms with Crippen LogP contribution < -0.4 is 5.32 Å². The predicted molar refractivity (Wildman–Crippen MR) is 80.6 cm³/mol. The molecule has 20 heavy (non-hydrogen) atoms. The maximum Gasteiger partial charge on any atom is 0.329 e. The molecule has 4 nitrogen and oxygen atoms in total. The normalized spacial score (nSPS) is 17.5. The van der Waals surface area contributed by atoms with Gasteiger partial charge in [0.25, 0.3) is 5.91 Å². The Bertz CT molecular complexity index is 541. The number of carboxylic acids is 1. The van der Waals surface area contributed by atoms with Crippen molar-refractivity contribution in [1.82, 2.24) is 5.32 Å². The van der Waals surface area contributed by atoms with Crippen molar-refractivity contribution in [2.75, 3.05) is 11.5 Å². The third kappa shape index (κ3) is 2.94. The van der Waals surface area contributed by atoms with Crippen LogP contribution >= 0.6 is 23.4 Å². The number of amides is 1. The van der Waals surface area contributed by atoms with Gasteiger partial charge in [-0.1, -0.05) is 17.7 Å². The zero-order valence-electron chi connectivity index (χ0n) is 11.1. The highest BCUT2D eigenvalue weighted by Crippen LogP contribution is 2.28. The van der Waals surface area contributed by atoms with Gasteiger partial charge in [0.05, 0.1) is 0 Å². The molecular weight excluding hydrogens is 298 g/mol. The Morgan fingerprint density at radius 3 is 2.60 bits per heavy atom. The fourth-order valence-electron chi connectivity index (χ4n) is 2.25. The monoisotopic (exact) mass is 313 g/mol. The van der Waals surface area contributed by atoms with Crippen molar-refractivity contribution in [3.63, 3.8) is 0 Å². The Balaban J connectivity index is 2.25. The minimum Gasteiger partial charge on any atom is -0.480 e. The molecule has 1 aromatic rings. The smallest absolute Gasteiger partial charge is 0.329 e. The van der Waals surface area contributed by atoms with Crippen LogP contribution in [0.25, 0.3) is 0 Å². The summed E-state index contributed by atoms with van der Waals surface area (Å²) in [6, 6.07) is 5.05. The summed E-state index contributed by atoms with van der Waals surface area (Å²) in [5, 5.41) is 12.7. The van der Waals surface area contributed by atoms with Crippen LogP contribution in [0.15, 0.2) is 18.2 Å². The lowest BCUT2D eigenvalue weighted by atomic mass is 9.91. The Kier molecular flexibility index (Phi) is 4.60. The van der Waals surface area contributed by atoms with Gasteiger partial charge in [0.2, 0.25) is 0 Å². The molecule has 108 valence electrons. The summed E-state index contributed by atoms with van der Waals surface area (Å²) in [4.78, 5) is 23.9. The van der Waals surface area contributed by atoms with Gasteiger partial charge in [-0.05, 0) is 49.0 Å². The van der Waals surface area contributed by atoms with E-state index in [9.17, 15) is 14.7 Å². The maximum absolute atomic E-state index is 12.4. The number of nitrogens with one attached hydrogen (secondary N) is 1. The standard InChI is InChI=1S/C14H16ClNO3S/c1-9-10(3-2-4-11(9)15)12(17)16-14(13(18)19)5-7-20-8-6-14/h2-4H,5-8H2,1H3,(H,16,17)(H,18,19). The number of aliphatic carboxylic acids is 1. The number of hydrogen-bond acceptors (Lipinski definition) is 3. The lowest BCUT2D eigenvalue weighted by Gasteiger charge is -2.33. The van der Waals surface area contributed by atoms with Crippen LogP contribution in [0.2, 0.25) is 5.02 Å². The molecule has 0 atom stereocenters. The van der Waals surface area contributed by atoms with Crippen LogP contribution in [-0.4, -0.2) is 34.0 Å². The Morgan fingerprint density at radius 1 is 1.35 bits per heavy atom. The van der Waals surface area contributed by atoms with Gasteiger partial charge in [-0.3, -0.25) is 4.79 Å². The molecule has 0 saturated carbocycles. The fourth-order valence-corrected chi connectivity index (χ4v) is 3.61. The summed E-state index contributed by atoms with van der Waals surface area (Å²) in [5.74, 6) is 0.132. The van der Waals surface area contributed by atoms with E-state index in [0.29, 0.717) is 29.0 Å². The maximum atomic E-state index is 12.4. The number of benzene rings is 1. The summed E-state index contributed by atoms with van der Waals surface area (Å²) in [5.41, 5.74) is -0.0642. The van der Waals surface area contributed by atoms with Crippen molar-refractivity contribution in [2.24, 2.45) is 0 Å². The third-order valence-electron chi connectivity index (χ3n) is 3.62. The molecule has 1 aliphatic rings. The molecule has 6 heteroatoms. The second kappa shape index (κ2) is 6.06. The van der Waals surface area contributed by atoms with Crippen LogP contribution in [-0.2, 0) is 4.79 Å². The van der Waals surface area contributed by atoms with Gasteiger partial charge in [-0.2, -0.15) is 11.8 Å². The zero-order chi connectivity index (χ0) is 14.8. The molecule has 2 N–H and O–H groups in total. The minimum atomic E-state index is -1.16. The molecule has 1 heterocycles. The Labute approximate surface area is 126 Å². The molecule has 0 aliphatic carbocycles. The van der Waals surface area contributed by atoms with Gasteiger partial charge in [-0.25, -0.2) is 4.79 Å². The van der Waals surface area contributed by atoms with Crippen LogP contribution in [0.5, 0.6) is 0 Å². The van der Waals surface area contributed by atoms with E-state index in [2.05, 4.69) is 5.32 Å². The van der Waals surface area contributed by atoms with E-state index < -0.39 is 11.5 Å². The summed E-state index contributed by atoms with van der Waals surface area (Å²) in [6.07, 6.45) is 0.886. The van der Waals surface area contributed by atoms with E-state index in [4.69, 9.17) is 11.6 Å². The van der Waals surface area contributed by atoms with Crippen LogP contribution in [0.4, 0.5) is 0 Å². The molecule has 2 rings (SSSR count). The molecule has 1 fully saturated rings. The average molecular weight is 314 g/mol. The topological polar surface area (TPSA) is 66.4 Å². The molecule has 1 aromatic carbocycles. The van der Waals surface area contributed by atoms with E-state index in [-0.39, 0.29) is 5.91 Å². The van der Waals surface area contributed by atoms with Gasteiger partial charge in [0, 0.05) is 10.6 Å². The SMILES string of the molecule is Cc1c(Cl)cccc1C(=O)NC1(C(=O)O)CCSCC1. The molecule has 0 bridgehead atoms. The number of hydrogen-bond donors (Lipinski definition) is 2. The van der Waals surface area contributed by atoms with Crippen LogP contribution in [0.3, 0.4) is 0 Å². The van der Waals surface area contributed by atoms with Gasteiger partial charge < -0.3 is 10.4 Å². The first kappa shape index (κ1) is 15.2. The number of carboxylic acid groups (broad SMARTS) is 1. The van der Waals surface area contributed by atoms with E-state index in [1.165, 1.54) is 0 Å². The van der Waals surface area contributed by atoms with Gasteiger partial charge in [0.1, 0.15) is 5.54 Å². The Hall–Kier alpha value is -1.20. The summed E-state index contributed by atoms with van der Waals surface area (Å²) in [6.45, 7) is 1.75. The second-order valence-corrected chi connectivity index (χ2v) is 6.50. The molecule has 0 spiro atoms. The minimum absolute atomic E-state index is 0.376. The van der Waals surface area contributed by atoms with Crippen molar-refractivity contribution in [2.45, 2.75) is 25.3 Å². The lowest BCUT2D eigenvalue weighted by Crippen LogP contribution is -2.56. The quantitative estimate of drug-likeness (QED) is 0.900. The number of rotatable bonds is 3. The molecule has 0 radical (unpaired) electrons. The Morgan fingerprint density at radius 2 is 2.00 bits per heavy atom. The molecular formula is C14H16ClNO3S. The van der Waals surface area contributed by atoms with Crippen molar-refractivity contribution >= 4 is 35.2 Å². The highest BCUT2D eigenvalue weighted by Gasteiger charge is 2.41. The summed E-state index contributed by atoms with van der Waals surface area (Å²) < 4.78 is 0. The van der Waals surface area contributed by atoms with Crippen molar-refractivity contribution in [3.05, 3.63) is 34.3 Å². The molecule has 0 unspecified atom stereocenters. The second-order valence-electron chi connectivity index (χ2n) is 4.87. The third-order valence-corrected chi connectivity index (χ3v) is 5.02. The molecule has 1 saturated heterocycles. The molecule has 1 aliphatic heterocycles. The summed E-state index contributed by atoms with van der Waals surface area (Å²) >= 11 is 7.71. The fraction of sp³-hybridized carbons (Fsp3) is 0.429. The molecule has 0 aromatic heterocycles. The highest BCUT2D eigenvalue weighted by molar-refractivity contribution is 7.99. The number of thioether (sulfide) groups is 1. The van der Waals surface area contributed by atoms with Crippen molar-refractivity contribution < 1.29 is 14.7 Å². The highest BCUT2D eigenvalue weighted by atomic mass is 35.5. The van der Waals surface area contributed by atoms with Crippen molar-refractivity contribution in [3.8, 4) is 0 Å². The average Bonchev–Trinajstić information content (AvgIpc) is 2.42. The van der Waals surface area contributed by atoms with Crippen LogP contribution in [0.1, 0.15) is 28.8 Å². The van der Waals surface area contributed by atoms with Gasteiger partial charge in [0.15, 0.2) is 0 Å². The first-order chi connectivity index (χ1) is 9.46. The molecule has 1 amide bonds. The van der Waals surface area contributed by atoms with E-state index >= 15 is 0 Å². The summed E-state index contributed by atoms with van der Waals surface area (Å²) in [7, 11) is 0. The lowest BCUT2D eigenvalue weighted by molar-refractivity contribution is -0.144.